The third-order valence-electron chi connectivity index (χ3n) is 3.46. The molecule has 1 aromatic heterocycles. The molecule has 0 fully saturated rings. The summed E-state index contributed by atoms with van der Waals surface area (Å²) in [5.74, 6) is -0.451. The predicted molar refractivity (Wildman–Crippen MR) is 89.0 cm³/mol. The normalized spacial score (nSPS) is 10.5. The molecule has 0 aliphatic heterocycles. The summed E-state index contributed by atoms with van der Waals surface area (Å²) >= 11 is 5.98. The maximum absolute atomic E-state index is 12.2. The molecule has 0 saturated carbocycles. The van der Waals surface area contributed by atoms with Crippen molar-refractivity contribution in [2.45, 2.75) is 20.4 Å². The number of hydrogen-bond donors (Lipinski definition) is 4. The summed E-state index contributed by atoms with van der Waals surface area (Å²) in [6.45, 7) is 3.66. The first-order valence-corrected chi connectivity index (χ1v) is 7.30. The molecular weight excluding hydrogens is 318 g/mol. The van der Waals surface area contributed by atoms with Crippen LogP contribution in [0.3, 0.4) is 0 Å². The van der Waals surface area contributed by atoms with E-state index < -0.39 is 13.0 Å². The zero-order valence-electron chi connectivity index (χ0n) is 12.7. The van der Waals surface area contributed by atoms with Crippen molar-refractivity contribution in [1.82, 2.24) is 10.3 Å². The van der Waals surface area contributed by atoms with Gasteiger partial charge in [-0.2, -0.15) is 0 Å². The minimum atomic E-state index is -1.65. The van der Waals surface area contributed by atoms with Gasteiger partial charge in [0.2, 0.25) is 0 Å². The number of carbonyl (C=O) groups is 1. The van der Waals surface area contributed by atoms with E-state index in [1.165, 1.54) is 18.2 Å². The number of pyridine rings is 1. The van der Waals surface area contributed by atoms with Gasteiger partial charge in [0.25, 0.3) is 11.5 Å². The Kier molecular flexibility index (Phi) is 5.25. The predicted octanol–water partition coefficient (Wildman–Crippen LogP) is 0.255. The average Bonchev–Trinajstić information content (AvgIpc) is 2.45. The molecule has 0 saturated heterocycles. The molecule has 0 spiro atoms. The van der Waals surface area contributed by atoms with E-state index in [1.807, 2.05) is 6.07 Å². The van der Waals surface area contributed by atoms with E-state index >= 15 is 0 Å². The van der Waals surface area contributed by atoms with Crippen molar-refractivity contribution in [3.8, 4) is 0 Å². The molecular formula is C15H16BClN2O4. The third kappa shape index (κ3) is 4.01. The lowest BCUT2D eigenvalue weighted by molar-refractivity contribution is 0.0951. The number of nitrogens with one attached hydrogen (secondary N) is 2. The SMILES string of the molecule is Cc1cc(C)c(CNC(=O)c2ccc(B(O)O)cc2Cl)c(=O)[nH]1. The molecule has 0 aliphatic carbocycles. The van der Waals surface area contributed by atoms with Gasteiger partial charge in [-0.15, -0.1) is 0 Å². The van der Waals surface area contributed by atoms with Crippen LogP contribution in [0.2, 0.25) is 5.02 Å². The molecule has 0 atom stereocenters. The van der Waals surface area contributed by atoms with Crippen molar-refractivity contribution in [1.29, 1.82) is 0 Å². The van der Waals surface area contributed by atoms with Gasteiger partial charge in [-0.05, 0) is 43.1 Å². The maximum atomic E-state index is 12.2. The van der Waals surface area contributed by atoms with Crippen molar-refractivity contribution >= 4 is 30.1 Å². The Morgan fingerprint density at radius 3 is 2.57 bits per heavy atom. The fourth-order valence-corrected chi connectivity index (χ4v) is 2.52. The van der Waals surface area contributed by atoms with Gasteiger partial charge in [-0.3, -0.25) is 9.59 Å². The number of rotatable bonds is 4. The van der Waals surface area contributed by atoms with Crippen LogP contribution in [0.5, 0.6) is 0 Å². The van der Waals surface area contributed by atoms with Crippen LogP contribution in [-0.4, -0.2) is 28.1 Å². The lowest BCUT2D eigenvalue weighted by Crippen LogP contribution is -2.31. The zero-order valence-corrected chi connectivity index (χ0v) is 13.4. The Hall–Kier alpha value is -2.09. The van der Waals surface area contributed by atoms with Gasteiger partial charge in [-0.1, -0.05) is 17.7 Å². The molecule has 1 heterocycles. The lowest BCUT2D eigenvalue weighted by atomic mass is 9.80. The van der Waals surface area contributed by atoms with Gasteiger partial charge in [0.1, 0.15) is 0 Å². The number of aryl methyl sites for hydroxylation is 2. The van der Waals surface area contributed by atoms with E-state index in [1.54, 1.807) is 13.8 Å². The van der Waals surface area contributed by atoms with Crippen LogP contribution >= 0.6 is 11.6 Å². The second-order valence-electron chi connectivity index (χ2n) is 5.24. The Balaban J connectivity index is 2.16. The standard InChI is InChI=1S/C15H16BClN2O4/c1-8-5-9(2)19-15(21)12(8)7-18-14(20)11-4-3-10(16(22)23)6-13(11)17/h3-6,22-23H,7H2,1-2H3,(H,18,20)(H,19,21). The van der Waals surface area contributed by atoms with Crippen LogP contribution in [0.15, 0.2) is 29.1 Å². The van der Waals surface area contributed by atoms with Gasteiger partial charge < -0.3 is 20.3 Å². The van der Waals surface area contributed by atoms with Crippen molar-refractivity contribution in [3.63, 3.8) is 0 Å². The van der Waals surface area contributed by atoms with Gasteiger partial charge in [0.15, 0.2) is 0 Å². The van der Waals surface area contributed by atoms with Crippen LogP contribution in [0, 0.1) is 13.8 Å². The summed E-state index contributed by atoms with van der Waals surface area (Å²) in [4.78, 5) is 26.8. The van der Waals surface area contributed by atoms with E-state index in [0.717, 1.165) is 11.3 Å². The average molecular weight is 335 g/mol. The maximum Gasteiger partial charge on any atom is 0.488 e. The number of hydrogen-bond acceptors (Lipinski definition) is 4. The third-order valence-corrected chi connectivity index (χ3v) is 3.77. The summed E-state index contributed by atoms with van der Waals surface area (Å²) in [5, 5.41) is 20.9. The topological polar surface area (TPSA) is 102 Å². The number of benzene rings is 1. The monoisotopic (exact) mass is 334 g/mol. The molecule has 6 nitrogen and oxygen atoms in total. The molecule has 0 radical (unpaired) electrons. The van der Waals surface area contributed by atoms with Crippen molar-refractivity contribution in [3.05, 3.63) is 62.0 Å². The minimum Gasteiger partial charge on any atom is -0.423 e. The van der Waals surface area contributed by atoms with Crippen molar-refractivity contribution in [2.75, 3.05) is 0 Å². The first-order chi connectivity index (χ1) is 10.8. The summed E-state index contributed by atoms with van der Waals surface area (Å²) in [5.41, 5.74) is 2.16. The molecule has 2 aromatic rings. The van der Waals surface area contributed by atoms with E-state index in [0.29, 0.717) is 5.56 Å². The van der Waals surface area contributed by atoms with Crippen LogP contribution in [0.4, 0.5) is 0 Å². The number of carbonyl (C=O) groups excluding carboxylic acids is 1. The highest BCUT2D eigenvalue weighted by molar-refractivity contribution is 6.59. The Labute approximate surface area is 138 Å². The number of amides is 1. The number of halogens is 1. The van der Waals surface area contributed by atoms with E-state index in [4.69, 9.17) is 21.6 Å². The van der Waals surface area contributed by atoms with Gasteiger partial charge in [0.05, 0.1) is 10.6 Å². The number of aromatic nitrogens is 1. The highest BCUT2D eigenvalue weighted by Gasteiger charge is 2.16. The summed E-state index contributed by atoms with van der Waals surface area (Å²) < 4.78 is 0. The van der Waals surface area contributed by atoms with Crippen LogP contribution in [-0.2, 0) is 6.54 Å². The summed E-state index contributed by atoms with van der Waals surface area (Å²) in [6.07, 6.45) is 0. The second-order valence-corrected chi connectivity index (χ2v) is 5.65. The Morgan fingerprint density at radius 2 is 2.00 bits per heavy atom. The highest BCUT2D eigenvalue weighted by atomic mass is 35.5. The summed E-state index contributed by atoms with van der Waals surface area (Å²) in [7, 11) is -1.65. The molecule has 2 rings (SSSR count). The van der Waals surface area contributed by atoms with E-state index in [9.17, 15) is 9.59 Å². The van der Waals surface area contributed by atoms with Gasteiger partial charge >= 0.3 is 7.12 Å². The summed E-state index contributed by atoms with van der Waals surface area (Å²) in [6, 6.07) is 5.94. The molecule has 1 amide bonds. The molecule has 120 valence electrons. The van der Waals surface area contributed by atoms with Crippen LogP contribution < -0.4 is 16.3 Å². The lowest BCUT2D eigenvalue weighted by Gasteiger charge is -2.10. The first-order valence-electron chi connectivity index (χ1n) is 6.92. The number of aromatic amines is 1. The molecule has 0 aliphatic rings. The number of H-pyrrole nitrogens is 1. The highest BCUT2D eigenvalue weighted by Crippen LogP contribution is 2.14. The largest absolute Gasteiger partial charge is 0.488 e. The van der Waals surface area contributed by atoms with E-state index in [-0.39, 0.29) is 28.2 Å². The second kappa shape index (κ2) is 7.00. The molecule has 8 heteroatoms. The van der Waals surface area contributed by atoms with Gasteiger partial charge in [0, 0.05) is 17.8 Å². The first kappa shape index (κ1) is 17.3. The fraction of sp³-hybridized carbons (Fsp3) is 0.200. The van der Waals surface area contributed by atoms with Crippen molar-refractivity contribution in [2.24, 2.45) is 0 Å². The van der Waals surface area contributed by atoms with Crippen LogP contribution in [0.1, 0.15) is 27.2 Å². The molecule has 0 bridgehead atoms. The molecule has 4 N–H and O–H groups in total. The minimum absolute atomic E-state index is 0.0704. The van der Waals surface area contributed by atoms with E-state index in [2.05, 4.69) is 10.3 Å². The Morgan fingerprint density at radius 1 is 1.30 bits per heavy atom. The molecule has 23 heavy (non-hydrogen) atoms. The zero-order chi connectivity index (χ0) is 17.1. The van der Waals surface area contributed by atoms with Gasteiger partial charge in [-0.25, -0.2) is 0 Å². The smallest absolute Gasteiger partial charge is 0.423 e. The quantitative estimate of drug-likeness (QED) is 0.602. The Bertz CT molecular complexity index is 805. The molecule has 1 aromatic carbocycles. The molecule has 0 unspecified atom stereocenters. The fourth-order valence-electron chi connectivity index (χ4n) is 2.24. The van der Waals surface area contributed by atoms with Crippen LogP contribution in [0.25, 0.3) is 0 Å². The van der Waals surface area contributed by atoms with Crippen molar-refractivity contribution < 1.29 is 14.8 Å².